The van der Waals surface area contributed by atoms with Crippen LogP contribution in [0.25, 0.3) is 0 Å². The first-order valence-corrected chi connectivity index (χ1v) is 7.11. The quantitative estimate of drug-likeness (QED) is 0.466. The third-order valence-corrected chi connectivity index (χ3v) is 2.05. The van der Waals surface area contributed by atoms with Gasteiger partial charge in [0.15, 0.2) is 8.32 Å². The summed E-state index contributed by atoms with van der Waals surface area (Å²) in [5.41, 5.74) is 0. The van der Waals surface area contributed by atoms with E-state index in [0.29, 0.717) is 0 Å². The molecule has 0 rings (SSSR count). The Morgan fingerprint density at radius 1 is 1.30 bits per heavy atom. The van der Waals surface area contributed by atoms with Gasteiger partial charge in [0.1, 0.15) is 6.29 Å². The second kappa shape index (κ2) is 4.11. The smallest absolute Gasteiger partial charge is 0.187 e. The van der Waals surface area contributed by atoms with Gasteiger partial charge in [0.05, 0.1) is 0 Å². The summed E-state index contributed by atoms with van der Waals surface area (Å²) in [6, 6.07) is 0. The van der Waals surface area contributed by atoms with Gasteiger partial charge in [-0.05, 0) is 26.1 Å². The van der Waals surface area contributed by atoms with Gasteiger partial charge in [-0.15, -0.1) is 0 Å². The highest BCUT2D eigenvalue weighted by Gasteiger charge is 2.18. The molecule has 0 radical (unpaired) electrons. The summed E-state index contributed by atoms with van der Waals surface area (Å²) in [6.45, 7) is 8.55. The van der Waals surface area contributed by atoms with Crippen LogP contribution in [0.4, 0.5) is 0 Å². The lowest BCUT2D eigenvalue weighted by atomic mass is 10.5. The van der Waals surface area contributed by atoms with Gasteiger partial charge in [0.25, 0.3) is 0 Å². The fourth-order valence-corrected chi connectivity index (χ4v) is 1.74. The zero-order valence-electron chi connectivity index (χ0n) is 7.60. The summed E-state index contributed by atoms with van der Waals surface area (Å²) in [6.07, 6.45) is 0.937. The van der Waals surface area contributed by atoms with Crippen molar-refractivity contribution in [3.8, 4) is 0 Å². The Labute approximate surface area is 64.7 Å². The molecule has 0 N–H and O–H groups in total. The van der Waals surface area contributed by atoms with Crippen LogP contribution in [0.3, 0.4) is 0 Å². The topological polar surface area (TPSA) is 18.5 Å². The largest absolute Gasteiger partial charge is 0.393 e. The monoisotopic (exact) mass is 162 g/mol. The van der Waals surface area contributed by atoms with E-state index in [4.69, 9.17) is 9.16 Å². The molecule has 0 amide bonds. The Bertz CT molecular complexity index is 84.1. The molecule has 0 aromatic rings. The van der Waals surface area contributed by atoms with Gasteiger partial charge in [0.2, 0.25) is 0 Å². The molecule has 62 valence electrons. The van der Waals surface area contributed by atoms with E-state index in [9.17, 15) is 0 Å². The number of hydrogen-bond donors (Lipinski definition) is 0. The van der Waals surface area contributed by atoms with Gasteiger partial charge in [-0.25, -0.2) is 0 Å². The van der Waals surface area contributed by atoms with Crippen molar-refractivity contribution in [2.24, 2.45) is 0 Å². The summed E-state index contributed by atoms with van der Waals surface area (Å²) in [7, 11) is 0.302. The molecule has 0 saturated heterocycles. The van der Waals surface area contributed by atoms with E-state index < -0.39 is 8.32 Å². The Balaban J connectivity index is 3.63. The normalized spacial score (nSPS) is 15.3. The third-order valence-electron chi connectivity index (χ3n) is 1.08. The summed E-state index contributed by atoms with van der Waals surface area (Å²) < 4.78 is 10.7. The van der Waals surface area contributed by atoms with Gasteiger partial charge in [-0.2, -0.15) is 0 Å². The van der Waals surface area contributed by atoms with E-state index in [0.717, 1.165) is 6.42 Å². The molecule has 10 heavy (non-hydrogen) atoms. The highest BCUT2D eigenvalue weighted by atomic mass is 28.4. The molecule has 0 spiro atoms. The van der Waals surface area contributed by atoms with Crippen molar-refractivity contribution >= 4 is 8.32 Å². The first-order valence-electron chi connectivity index (χ1n) is 3.70. The maximum atomic E-state index is 5.65. The first-order chi connectivity index (χ1) is 4.49. The average molecular weight is 162 g/mol. The lowest BCUT2D eigenvalue weighted by Crippen LogP contribution is -2.32. The van der Waals surface area contributed by atoms with Crippen molar-refractivity contribution < 1.29 is 9.16 Å². The van der Waals surface area contributed by atoms with Crippen LogP contribution in [0, 0.1) is 0 Å². The Morgan fingerprint density at radius 2 is 1.80 bits per heavy atom. The second-order valence-corrected chi connectivity index (χ2v) is 7.76. The van der Waals surface area contributed by atoms with Crippen molar-refractivity contribution in [3.63, 3.8) is 0 Å². The van der Waals surface area contributed by atoms with Crippen LogP contribution < -0.4 is 0 Å². The third kappa shape index (κ3) is 4.96. The minimum absolute atomic E-state index is 0.00617. The van der Waals surface area contributed by atoms with Crippen LogP contribution in [0.1, 0.15) is 13.3 Å². The zero-order valence-corrected chi connectivity index (χ0v) is 8.60. The van der Waals surface area contributed by atoms with Crippen molar-refractivity contribution in [1.82, 2.24) is 0 Å². The van der Waals surface area contributed by atoms with Gasteiger partial charge >= 0.3 is 0 Å². The van der Waals surface area contributed by atoms with E-state index in [1.807, 2.05) is 0 Å². The standard InChI is InChI=1S/C7H18O2Si/c1-6-7(8-2)9-10(3,4)5/h7H,6H2,1-5H3. The van der Waals surface area contributed by atoms with Gasteiger partial charge in [0, 0.05) is 7.11 Å². The number of hydrogen-bond acceptors (Lipinski definition) is 2. The van der Waals surface area contributed by atoms with E-state index in [-0.39, 0.29) is 6.29 Å². The van der Waals surface area contributed by atoms with Gasteiger partial charge in [-0.3, -0.25) is 0 Å². The molecule has 0 heterocycles. The van der Waals surface area contributed by atoms with Crippen molar-refractivity contribution in [1.29, 1.82) is 0 Å². The van der Waals surface area contributed by atoms with Crippen LogP contribution in [0.15, 0.2) is 0 Å². The molecule has 3 heteroatoms. The zero-order chi connectivity index (χ0) is 8.20. The molecule has 0 fully saturated rings. The summed E-state index contributed by atoms with van der Waals surface area (Å²) in [5, 5.41) is 0. The molecule has 0 aliphatic carbocycles. The molecular formula is C7H18O2Si. The molecular weight excluding hydrogens is 144 g/mol. The highest BCUT2D eigenvalue weighted by Crippen LogP contribution is 2.09. The molecule has 1 atom stereocenters. The predicted octanol–water partition coefficient (Wildman–Crippen LogP) is 2.22. The fourth-order valence-electron chi connectivity index (χ4n) is 0.692. The van der Waals surface area contributed by atoms with E-state index in [1.165, 1.54) is 0 Å². The lowest BCUT2D eigenvalue weighted by molar-refractivity contribution is -0.0606. The SMILES string of the molecule is CCC(OC)O[Si](C)(C)C. The molecule has 0 aromatic heterocycles. The maximum Gasteiger partial charge on any atom is 0.187 e. The lowest BCUT2D eigenvalue weighted by Gasteiger charge is -2.23. The Morgan fingerprint density at radius 3 is 1.90 bits per heavy atom. The summed E-state index contributed by atoms with van der Waals surface area (Å²) >= 11 is 0. The molecule has 2 nitrogen and oxygen atoms in total. The van der Waals surface area contributed by atoms with Crippen LogP contribution >= 0.6 is 0 Å². The van der Waals surface area contributed by atoms with Crippen LogP contribution in [-0.4, -0.2) is 21.7 Å². The minimum atomic E-state index is -1.39. The Hall–Kier alpha value is 0.137. The molecule has 0 aromatic carbocycles. The van der Waals surface area contributed by atoms with Gasteiger partial charge in [-0.1, -0.05) is 6.92 Å². The second-order valence-electron chi connectivity index (χ2n) is 3.30. The molecule has 1 unspecified atom stereocenters. The first kappa shape index (κ1) is 10.1. The maximum absolute atomic E-state index is 5.65. The molecule has 0 bridgehead atoms. The van der Waals surface area contributed by atoms with E-state index >= 15 is 0 Å². The predicted molar refractivity (Wildman–Crippen MR) is 45.5 cm³/mol. The summed E-state index contributed by atoms with van der Waals surface area (Å²) in [4.78, 5) is 0. The van der Waals surface area contributed by atoms with Gasteiger partial charge < -0.3 is 9.16 Å². The fraction of sp³-hybridized carbons (Fsp3) is 1.00. The van der Waals surface area contributed by atoms with Crippen molar-refractivity contribution in [2.45, 2.75) is 39.3 Å². The number of methoxy groups -OCH3 is 1. The summed E-state index contributed by atoms with van der Waals surface area (Å²) in [5.74, 6) is 0. The average Bonchev–Trinajstić information content (AvgIpc) is 1.81. The van der Waals surface area contributed by atoms with Crippen molar-refractivity contribution in [2.75, 3.05) is 7.11 Å². The minimum Gasteiger partial charge on any atom is -0.393 e. The van der Waals surface area contributed by atoms with E-state index in [1.54, 1.807) is 7.11 Å². The Kier molecular flexibility index (Phi) is 4.16. The van der Waals surface area contributed by atoms with E-state index in [2.05, 4.69) is 26.6 Å². The highest BCUT2D eigenvalue weighted by molar-refractivity contribution is 6.69. The van der Waals surface area contributed by atoms with Crippen LogP contribution in [-0.2, 0) is 9.16 Å². The number of ether oxygens (including phenoxy) is 1. The van der Waals surface area contributed by atoms with Crippen LogP contribution in [0.2, 0.25) is 19.6 Å². The van der Waals surface area contributed by atoms with Crippen LogP contribution in [0.5, 0.6) is 0 Å². The number of rotatable bonds is 4. The molecule has 0 aliphatic rings. The molecule has 0 saturated carbocycles. The molecule has 0 aliphatic heterocycles. The van der Waals surface area contributed by atoms with Crippen molar-refractivity contribution in [3.05, 3.63) is 0 Å².